The van der Waals surface area contributed by atoms with Gasteiger partial charge in [-0.2, -0.15) is 0 Å². The lowest BCUT2D eigenvalue weighted by Crippen LogP contribution is -2.39. The molecule has 1 rings (SSSR count). The molecule has 0 saturated heterocycles. The Labute approximate surface area is 124 Å². The maximum Gasteiger partial charge on any atom is 0.122 e. The molecule has 1 aromatic carbocycles. The van der Waals surface area contributed by atoms with Crippen LogP contribution in [-0.4, -0.2) is 19.2 Å². The lowest BCUT2D eigenvalue weighted by Gasteiger charge is -2.27. The van der Waals surface area contributed by atoms with Crippen LogP contribution in [0.15, 0.2) is 24.3 Å². The molecule has 0 aliphatic rings. The fourth-order valence-electron chi connectivity index (χ4n) is 2.54. The van der Waals surface area contributed by atoms with E-state index in [1.165, 1.54) is 12.0 Å². The first-order valence-electron chi connectivity index (χ1n) is 7.68. The highest BCUT2D eigenvalue weighted by atomic mass is 16.5. The fourth-order valence-corrected chi connectivity index (χ4v) is 2.54. The normalized spacial score (nSPS) is 13.6. The lowest BCUT2D eigenvalue weighted by molar-refractivity contribution is 0.327. The van der Waals surface area contributed by atoms with Crippen molar-refractivity contribution in [2.24, 2.45) is 11.8 Å². The molecule has 2 nitrogen and oxygen atoms in total. The van der Waals surface area contributed by atoms with Gasteiger partial charge in [-0.15, -0.1) is 0 Å². The van der Waals surface area contributed by atoms with Crippen LogP contribution < -0.4 is 10.1 Å². The minimum atomic E-state index is 0.177. The van der Waals surface area contributed by atoms with Crippen LogP contribution in [0.5, 0.6) is 5.75 Å². The topological polar surface area (TPSA) is 21.3 Å². The first-order chi connectivity index (χ1) is 9.31. The molecule has 0 spiro atoms. The quantitative estimate of drug-likeness (QED) is 0.803. The smallest absolute Gasteiger partial charge is 0.122 e. The highest BCUT2D eigenvalue weighted by molar-refractivity contribution is 5.33. The van der Waals surface area contributed by atoms with Gasteiger partial charge >= 0.3 is 0 Å². The number of methoxy groups -OCH3 is 1. The van der Waals surface area contributed by atoms with E-state index in [1.54, 1.807) is 7.11 Å². The van der Waals surface area contributed by atoms with Crippen molar-refractivity contribution in [2.45, 2.75) is 53.0 Å². The van der Waals surface area contributed by atoms with Crippen LogP contribution in [0.3, 0.4) is 0 Å². The highest BCUT2D eigenvalue weighted by Gasteiger charge is 2.17. The summed E-state index contributed by atoms with van der Waals surface area (Å²) in [7, 11) is 1.75. The van der Waals surface area contributed by atoms with Gasteiger partial charge in [-0.25, -0.2) is 0 Å². The first kappa shape index (κ1) is 17.0. The summed E-state index contributed by atoms with van der Waals surface area (Å²) in [6.07, 6.45) is 2.31. The summed E-state index contributed by atoms with van der Waals surface area (Å²) in [5.41, 5.74) is 1.49. The first-order valence-corrected chi connectivity index (χ1v) is 7.68. The van der Waals surface area contributed by atoms with E-state index in [0.717, 1.165) is 24.6 Å². The number of benzene rings is 1. The van der Waals surface area contributed by atoms with Crippen LogP contribution in [0, 0.1) is 11.8 Å². The molecule has 2 heteroatoms. The average Bonchev–Trinajstić information content (AvgIpc) is 2.35. The van der Waals surface area contributed by atoms with Gasteiger partial charge in [0, 0.05) is 5.54 Å². The third kappa shape index (κ3) is 6.42. The van der Waals surface area contributed by atoms with Crippen molar-refractivity contribution >= 4 is 0 Å². The van der Waals surface area contributed by atoms with Crippen molar-refractivity contribution in [2.75, 3.05) is 13.7 Å². The summed E-state index contributed by atoms with van der Waals surface area (Å²) in [5.74, 6) is 2.37. The van der Waals surface area contributed by atoms with E-state index in [2.05, 4.69) is 58.1 Å². The third-order valence-electron chi connectivity index (χ3n) is 3.43. The molecule has 0 heterocycles. The Kier molecular flexibility index (Phi) is 6.54. The molecule has 20 heavy (non-hydrogen) atoms. The van der Waals surface area contributed by atoms with E-state index < -0.39 is 0 Å². The monoisotopic (exact) mass is 277 g/mol. The Balaban J connectivity index is 2.73. The number of ether oxygens (including phenoxy) is 1. The lowest BCUT2D eigenvalue weighted by atomic mass is 9.90. The minimum absolute atomic E-state index is 0.177. The van der Waals surface area contributed by atoms with E-state index in [1.807, 2.05) is 6.07 Å². The molecule has 0 amide bonds. The molecule has 0 aliphatic heterocycles. The van der Waals surface area contributed by atoms with Gasteiger partial charge in [-0.05, 0) is 63.6 Å². The van der Waals surface area contributed by atoms with E-state index >= 15 is 0 Å². The van der Waals surface area contributed by atoms with Crippen molar-refractivity contribution in [3.63, 3.8) is 0 Å². The summed E-state index contributed by atoms with van der Waals surface area (Å²) in [6.45, 7) is 12.3. The number of para-hydroxylation sites is 1. The molecule has 0 fully saturated rings. The van der Waals surface area contributed by atoms with Crippen molar-refractivity contribution < 1.29 is 4.74 Å². The van der Waals surface area contributed by atoms with Crippen LogP contribution in [0.25, 0.3) is 0 Å². The van der Waals surface area contributed by atoms with E-state index in [9.17, 15) is 0 Å². The van der Waals surface area contributed by atoms with Gasteiger partial charge in [-0.1, -0.05) is 32.0 Å². The van der Waals surface area contributed by atoms with Crippen LogP contribution >= 0.6 is 0 Å². The van der Waals surface area contributed by atoms with E-state index in [0.29, 0.717) is 5.92 Å². The van der Waals surface area contributed by atoms with Gasteiger partial charge in [0.1, 0.15) is 5.75 Å². The number of nitrogens with one attached hydrogen (secondary N) is 1. The Hall–Kier alpha value is -1.02. The fraction of sp³-hybridized carbons (Fsp3) is 0.667. The zero-order valence-electron chi connectivity index (χ0n) is 14.0. The Morgan fingerprint density at radius 1 is 1.15 bits per heavy atom. The maximum atomic E-state index is 5.48. The SMILES string of the molecule is COc1ccccc1CC(CNC(C)(C)C)CC(C)C. The predicted octanol–water partition coefficient (Wildman–Crippen LogP) is 4.29. The molecular weight excluding hydrogens is 246 g/mol. The zero-order chi connectivity index (χ0) is 15.2. The Morgan fingerprint density at radius 3 is 2.35 bits per heavy atom. The second-order valence-electron chi connectivity index (χ2n) is 7.14. The van der Waals surface area contributed by atoms with Crippen molar-refractivity contribution in [1.29, 1.82) is 0 Å². The Morgan fingerprint density at radius 2 is 1.80 bits per heavy atom. The molecule has 0 radical (unpaired) electrons. The molecule has 1 atom stereocenters. The van der Waals surface area contributed by atoms with Gasteiger partial charge in [0.2, 0.25) is 0 Å². The molecule has 1 aromatic rings. The van der Waals surface area contributed by atoms with Gasteiger partial charge in [-0.3, -0.25) is 0 Å². The molecule has 114 valence electrons. The van der Waals surface area contributed by atoms with Crippen molar-refractivity contribution in [3.8, 4) is 5.75 Å². The highest BCUT2D eigenvalue weighted by Crippen LogP contribution is 2.24. The number of hydrogen-bond acceptors (Lipinski definition) is 2. The van der Waals surface area contributed by atoms with Crippen molar-refractivity contribution in [3.05, 3.63) is 29.8 Å². The standard InChI is InChI=1S/C18H31NO/c1-14(2)11-15(13-19-18(3,4)5)12-16-9-7-8-10-17(16)20-6/h7-10,14-15,19H,11-13H2,1-6H3. The van der Waals surface area contributed by atoms with Crippen LogP contribution in [0.1, 0.15) is 46.6 Å². The van der Waals surface area contributed by atoms with Crippen LogP contribution in [0.4, 0.5) is 0 Å². The van der Waals surface area contributed by atoms with Gasteiger partial charge in [0.15, 0.2) is 0 Å². The van der Waals surface area contributed by atoms with E-state index in [4.69, 9.17) is 4.74 Å². The molecule has 1 unspecified atom stereocenters. The maximum absolute atomic E-state index is 5.48. The number of rotatable bonds is 7. The molecular formula is C18H31NO. The largest absolute Gasteiger partial charge is 0.496 e. The van der Waals surface area contributed by atoms with Crippen LogP contribution in [-0.2, 0) is 6.42 Å². The molecule has 0 aliphatic carbocycles. The summed E-state index contributed by atoms with van der Waals surface area (Å²) in [6, 6.07) is 8.37. The van der Waals surface area contributed by atoms with Gasteiger partial charge < -0.3 is 10.1 Å². The molecule has 0 bridgehead atoms. The van der Waals surface area contributed by atoms with Crippen molar-refractivity contribution in [1.82, 2.24) is 5.32 Å². The average molecular weight is 277 g/mol. The Bertz CT molecular complexity index is 393. The summed E-state index contributed by atoms with van der Waals surface area (Å²) in [5, 5.41) is 3.64. The summed E-state index contributed by atoms with van der Waals surface area (Å²) < 4.78 is 5.48. The van der Waals surface area contributed by atoms with Gasteiger partial charge in [0.25, 0.3) is 0 Å². The molecule has 1 N–H and O–H groups in total. The zero-order valence-corrected chi connectivity index (χ0v) is 14.0. The van der Waals surface area contributed by atoms with Gasteiger partial charge in [0.05, 0.1) is 7.11 Å². The summed E-state index contributed by atoms with van der Waals surface area (Å²) in [4.78, 5) is 0. The second-order valence-corrected chi connectivity index (χ2v) is 7.14. The van der Waals surface area contributed by atoms with E-state index in [-0.39, 0.29) is 5.54 Å². The van der Waals surface area contributed by atoms with Crippen LogP contribution in [0.2, 0.25) is 0 Å². The molecule has 0 aromatic heterocycles. The number of hydrogen-bond donors (Lipinski definition) is 1. The summed E-state index contributed by atoms with van der Waals surface area (Å²) >= 11 is 0. The third-order valence-corrected chi connectivity index (χ3v) is 3.43. The predicted molar refractivity (Wildman–Crippen MR) is 87.4 cm³/mol. The molecule has 0 saturated carbocycles. The second kappa shape index (κ2) is 7.68. The minimum Gasteiger partial charge on any atom is -0.496 e.